The Morgan fingerprint density at radius 3 is 1.96 bits per heavy atom. The van der Waals surface area contributed by atoms with Crippen LogP contribution in [-0.2, 0) is 9.53 Å². The lowest BCUT2D eigenvalue weighted by molar-refractivity contribution is -0.148. The summed E-state index contributed by atoms with van der Waals surface area (Å²) >= 11 is 0. The maximum atomic E-state index is 11.7. The van der Waals surface area contributed by atoms with Gasteiger partial charge in [-0.2, -0.15) is 0 Å². The van der Waals surface area contributed by atoms with Crippen LogP contribution in [0.4, 0.5) is 0 Å². The number of unbranched alkanes of at least 4 members (excludes halogenated alkanes) is 11. The molecule has 0 rings (SSSR count). The lowest BCUT2D eigenvalue weighted by atomic mass is 10.1. The number of allylic oxidation sites excluding steroid dienone is 2. The van der Waals surface area contributed by atoms with Crippen molar-refractivity contribution in [3.05, 3.63) is 12.2 Å². The Bertz CT molecular complexity index is 328. The van der Waals surface area contributed by atoms with E-state index in [0.717, 1.165) is 25.9 Å². The molecule has 0 radical (unpaired) electrons. The van der Waals surface area contributed by atoms with E-state index in [-0.39, 0.29) is 12.1 Å². The predicted octanol–water partition coefficient (Wildman–Crippen LogP) is 6.57. The third-order valence-corrected chi connectivity index (χ3v) is 4.66. The van der Waals surface area contributed by atoms with Gasteiger partial charge in [-0.25, -0.2) is 0 Å². The molecule has 1 atom stereocenters. The van der Waals surface area contributed by atoms with Gasteiger partial charge in [0.2, 0.25) is 0 Å². The molecule has 0 aliphatic rings. The van der Waals surface area contributed by atoms with Gasteiger partial charge in [-0.1, -0.05) is 77.4 Å². The van der Waals surface area contributed by atoms with Gasteiger partial charge in [0.25, 0.3) is 0 Å². The Morgan fingerprint density at radius 2 is 1.38 bits per heavy atom. The second kappa shape index (κ2) is 20.5. The molecular formula is C23H45NO2. The summed E-state index contributed by atoms with van der Waals surface area (Å²) in [5, 5.41) is 3.19. The van der Waals surface area contributed by atoms with Crippen LogP contribution >= 0.6 is 0 Å². The SMILES string of the molecule is CCCCCCCC/C=C\CCCCCCCC(=O)O[C@@H](C)CNCC. The van der Waals surface area contributed by atoms with Gasteiger partial charge in [-0.05, 0) is 45.6 Å². The third-order valence-electron chi connectivity index (χ3n) is 4.66. The van der Waals surface area contributed by atoms with Crippen LogP contribution in [-0.4, -0.2) is 25.2 Å². The zero-order valence-corrected chi connectivity index (χ0v) is 17.9. The topological polar surface area (TPSA) is 38.3 Å². The van der Waals surface area contributed by atoms with E-state index in [1.54, 1.807) is 0 Å². The molecule has 0 bridgehead atoms. The van der Waals surface area contributed by atoms with Gasteiger partial charge in [0.1, 0.15) is 6.10 Å². The second-order valence-electron chi connectivity index (χ2n) is 7.44. The highest BCUT2D eigenvalue weighted by molar-refractivity contribution is 5.69. The summed E-state index contributed by atoms with van der Waals surface area (Å²) < 4.78 is 5.36. The average molecular weight is 368 g/mol. The fourth-order valence-corrected chi connectivity index (χ4v) is 3.01. The van der Waals surface area contributed by atoms with E-state index in [9.17, 15) is 4.79 Å². The molecule has 0 heterocycles. The van der Waals surface area contributed by atoms with E-state index in [1.807, 2.05) is 6.92 Å². The van der Waals surface area contributed by atoms with Crippen molar-refractivity contribution < 1.29 is 9.53 Å². The molecule has 0 saturated carbocycles. The van der Waals surface area contributed by atoms with Crippen molar-refractivity contribution in [3.63, 3.8) is 0 Å². The van der Waals surface area contributed by atoms with Crippen LogP contribution in [0, 0.1) is 0 Å². The highest BCUT2D eigenvalue weighted by atomic mass is 16.5. The number of esters is 1. The van der Waals surface area contributed by atoms with Crippen molar-refractivity contribution >= 4 is 5.97 Å². The number of ether oxygens (including phenoxy) is 1. The van der Waals surface area contributed by atoms with Gasteiger partial charge < -0.3 is 10.1 Å². The molecule has 0 aromatic rings. The molecule has 0 spiro atoms. The van der Waals surface area contributed by atoms with Gasteiger partial charge in [0, 0.05) is 13.0 Å². The molecule has 0 fully saturated rings. The first-order chi connectivity index (χ1) is 12.7. The lowest BCUT2D eigenvalue weighted by Crippen LogP contribution is -2.28. The molecular weight excluding hydrogens is 322 g/mol. The van der Waals surface area contributed by atoms with E-state index >= 15 is 0 Å². The first-order valence-electron chi connectivity index (χ1n) is 11.3. The van der Waals surface area contributed by atoms with E-state index in [2.05, 4.69) is 31.3 Å². The van der Waals surface area contributed by atoms with E-state index in [0.29, 0.717) is 6.42 Å². The van der Waals surface area contributed by atoms with Gasteiger partial charge in [0.05, 0.1) is 0 Å². The minimum Gasteiger partial charge on any atom is -0.461 e. The first-order valence-corrected chi connectivity index (χ1v) is 11.3. The normalized spacial score (nSPS) is 12.6. The standard InChI is InChI=1S/C23H45NO2/c1-4-6-7-8-9-10-11-12-13-14-15-16-17-18-19-20-23(25)26-22(3)21-24-5-2/h12-13,22,24H,4-11,14-21H2,1-3H3/b13-12-/t22-/m0/s1. The fourth-order valence-electron chi connectivity index (χ4n) is 3.01. The number of hydrogen-bond acceptors (Lipinski definition) is 3. The fraction of sp³-hybridized carbons (Fsp3) is 0.870. The zero-order chi connectivity index (χ0) is 19.3. The summed E-state index contributed by atoms with van der Waals surface area (Å²) in [6.45, 7) is 7.93. The van der Waals surface area contributed by atoms with Gasteiger partial charge >= 0.3 is 5.97 Å². The second-order valence-corrected chi connectivity index (χ2v) is 7.44. The summed E-state index contributed by atoms with van der Waals surface area (Å²) in [6.07, 6.45) is 21.9. The van der Waals surface area contributed by atoms with E-state index in [1.165, 1.54) is 70.6 Å². The molecule has 0 aromatic heterocycles. The minimum atomic E-state index is -0.0481. The molecule has 0 amide bonds. The summed E-state index contributed by atoms with van der Waals surface area (Å²) in [4.78, 5) is 11.7. The smallest absolute Gasteiger partial charge is 0.306 e. The van der Waals surface area contributed by atoms with Crippen LogP contribution in [0.5, 0.6) is 0 Å². The molecule has 1 N–H and O–H groups in total. The van der Waals surface area contributed by atoms with Crippen LogP contribution in [0.2, 0.25) is 0 Å². The predicted molar refractivity (Wildman–Crippen MR) is 114 cm³/mol. The molecule has 154 valence electrons. The lowest BCUT2D eigenvalue weighted by Gasteiger charge is -2.13. The molecule has 26 heavy (non-hydrogen) atoms. The van der Waals surface area contributed by atoms with E-state index in [4.69, 9.17) is 4.74 Å². The number of rotatable bonds is 19. The Morgan fingerprint density at radius 1 is 0.846 bits per heavy atom. The number of hydrogen-bond donors (Lipinski definition) is 1. The molecule has 0 unspecified atom stereocenters. The van der Waals surface area contributed by atoms with Crippen molar-refractivity contribution in [2.24, 2.45) is 0 Å². The highest BCUT2D eigenvalue weighted by Crippen LogP contribution is 2.10. The van der Waals surface area contributed by atoms with Gasteiger partial charge in [0.15, 0.2) is 0 Å². The Labute approximate surface area is 163 Å². The molecule has 3 nitrogen and oxygen atoms in total. The monoisotopic (exact) mass is 367 g/mol. The maximum absolute atomic E-state index is 11.7. The van der Waals surface area contributed by atoms with Crippen molar-refractivity contribution in [2.75, 3.05) is 13.1 Å². The number of nitrogens with one attached hydrogen (secondary N) is 1. The van der Waals surface area contributed by atoms with Crippen molar-refractivity contribution in [2.45, 2.75) is 117 Å². The number of likely N-dealkylation sites (N-methyl/N-ethyl adjacent to an activating group) is 1. The van der Waals surface area contributed by atoms with Crippen LogP contribution in [0.15, 0.2) is 12.2 Å². The van der Waals surface area contributed by atoms with Crippen LogP contribution in [0.3, 0.4) is 0 Å². The third kappa shape index (κ3) is 19.5. The molecule has 0 aliphatic heterocycles. The Balaban J connectivity index is 3.28. The van der Waals surface area contributed by atoms with Crippen molar-refractivity contribution in [1.29, 1.82) is 0 Å². The van der Waals surface area contributed by atoms with Gasteiger partial charge in [-0.15, -0.1) is 0 Å². The van der Waals surface area contributed by atoms with Crippen molar-refractivity contribution in [3.8, 4) is 0 Å². The summed E-state index contributed by atoms with van der Waals surface area (Å²) in [5.74, 6) is -0.0481. The largest absolute Gasteiger partial charge is 0.461 e. The van der Waals surface area contributed by atoms with Crippen LogP contribution < -0.4 is 5.32 Å². The van der Waals surface area contributed by atoms with Gasteiger partial charge in [-0.3, -0.25) is 4.79 Å². The number of carbonyl (C=O) groups is 1. The zero-order valence-electron chi connectivity index (χ0n) is 17.9. The average Bonchev–Trinajstić information content (AvgIpc) is 2.63. The van der Waals surface area contributed by atoms with Crippen LogP contribution in [0.25, 0.3) is 0 Å². The summed E-state index contributed by atoms with van der Waals surface area (Å²) in [7, 11) is 0. The Hall–Kier alpha value is -0.830. The van der Waals surface area contributed by atoms with Crippen molar-refractivity contribution in [1.82, 2.24) is 5.32 Å². The summed E-state index contributed by atoms with van der Waals surface area (Å²) in [6, 6.07) is 0. The highest BCUT2D eigenvalue weighted by Gasteiger charge is 2.08. The molecule has 0 aromatic carbocycles. The summed E-state index contributed by atoms with van der Waals surface area (Å²) in [5.41, 5.74) is 0. The minimum absolute atomic E-state index is 0.0226. The Kier molecular flexibility index (Phi) is 19.8. The molecule has 0 aliphatic carbocycles. The number of carbonyl (C=O) groups excluding carboxylic acids is 1. The molecule has 0 saturated heterocycles. The molecule has 3 heteroatoms. The quantitative estimate of drug-likeness (QED) is 0.159. The maximum Gasteiger partial charge on any atom is 0.306 e. The van der Waals surface area contributed by atoms with E-state index < -0.39 is 0 Å². The van der Waals surface area contributed by atoms with Crippen LogP contribution in [0.1, 0.15) is 111 Å². The first kappa shape index (κ1) is 25.2.